The van der Waals surface area contributed by atoms with Gasteiger partial charge >= 0.3 is 0 Å². The maximum Gasteiger partial charge on any atom is 0.297 e. The molecule has 2 heterocycles. The first-order chi connectivity index (χ1) is 10.7. The van der Waals surface area contributed by atoms with Crippen molar-refractivity contribution >= 4 is 11.6 Å². The predicted molar refractivity (Wildman–Crippen MR) is 74.3 cm³/mol. The lowest BCUT2D eigenvalue weighted by atomic mass is 10.2. The number of carbonyl (C=O) groups excluding carboxylic acids is 1. The Morgan fingerprint density at radius 3 is 2.91 bits per heavy atom. The van der Waals surface area contributed by atoms with Gasteiger partial charge in [-0.3, -0.25) is 15.0 Å². The van der Waals surface area contributed by atoms with Crippen LogP contribution in [0.2, 0.25) is 0 Å². The molecule has 0 spiro atoms. The number of nitrogens with one attached hydrogen (secondary N) is 2. The van der Waals surface area contributed by atoms with Crippen molar-refractivity contribution in [3.63, 3.8) is 0 Å². The first-order valence-corrected chi connectivity index (χ1v) is 6.44. The molecule has 0 unspecified atom stereocenters. The van der Waals surface area contributed by atoms with E-state index in [1.165, 1.54) is 15.4 Å². The van der Waals surface area contributed by atoms with Crippen LogP contribution < -0.4 is 11.1 Å². The van der Waals surface area contributed by atoms with Crippen LogP contribution in [0.4, 0.5) is 0 Å². The van der Waals surface area contributed by atoms with E-state index in [-0.39, 0.29) is 23.6 Å². The molecule has 3 aromatic rings. The number of hydrogen-bond acceptors (Lipinski definition) is 6. The van der Waals surface area contributed by atoms with Crippen molar-refractivity contribution in [3.8, 4) is 0 Å². The van der Waals surface area contributed by atoms with Gasteiger partial charge in [-0.25, -0.2) is 19.5 Å². The number of hydrogen-bond donors (Lipinski definition) is 2. The summed E-state index contributed by atoms with van der Waals surface area (Å²) in [5, 5.41) is 15.4. The zero-order chi connectivity index (χ0) is 15.5. The summed E-state index contributed by atoms with van der Waals surface area (Å²) >= 11 is 0. The summed E-state index contributed by atoms with van der Waals surface area (Å²) in [4.78, 5) is 21.2. The Morgan fingerprint density at radius 1 is 1.36 bits per heavy atom. The molecule has 0 fully saturated rings. The van der Waals surface area contributed by atoms with Crippen molar-refractivity contribution in [2.24, 2.45) is 7.05 Å². The third-order valence-corrected chi connectivity index (χ3v) is 3.01. The van der Waals surface area contributed by atoms with Gasteiger partial charge in [0, 0.05) is 7.05 Å². The Hall–Kier alpha value is -3.07. The average molecular weight is 299 g/mol. The number of hydroxylamine groups is 1. The smallest absolute Gasteiger partial charge is 0.269 e. The molecule has 0 saturated carbocycles. The van der Waals surface area contributed by atoms with Crippen LogP contribution in [0, 0.1) is 5.41 Å². The van der Waals surface area contributed by atoms with E-state index >= 15 is 0 Å². The molecule has 22 heavy (non-hydrogen) atoms. The van der Waals surface area contributed by atoms with E-state index in [1.54, 1.807) is 7.05 Å². The highest BCUT2D eigenvalue weighted by Crippen LogP contribution is 2.03. The topological polar surface area (TPSA) is 110 Å². The predicted octanol–water partition coefficient (Wildman–Crippen LogP) is -0.196. The van der Waals surface area contributed by atoms with Crippen LogP contribution in [0.25, 0.3) is 5.65 Å². The fourth-order valence-electron chi connectivity index (χ4n) is 1.87. The maximum atomic E-state index is 12.1. The third-order valence-electron chi connectivity index (χ3n) is 3.01. The molecule has 0 aliphatic rings. The second kappa shape index (κ2) is 5.74. The second-order valence-corrected chi connectivity index (χ2v) is 4.53. The van der Waals surface area contributed by atoms with E-state index in [9.17, 15) is 4.79 Å². The molecule has 9 heteroatoms. The van der Waals surface area contributed by atoms with Crippen molar-refractivity contribution in [1.82, 2.24) is 29.9 Å². The van der Waals surface area contributed by atoms with Gasteiger partial charge < -0.3 is 0 Å². The monoisotopic (exact) mass is 299 g/mol. The van der Waals surface area contributed by atoms with Gasteiger partial charge in [0.15, 0.2) is 11.3 Å². The number of rotatable bonds is 4. The van der Waals surface area contributed by atoms with Crippen LogP contribution in [-0.2, 0) is 18.5 Å². The number of aromatic nitrogens is 5. The quantitative estimate of drug-likeness (QED) is 0.648. The number of imidazole rings is 1. The molecule has 0 atom stereocenters. The highest BCUT2D eigenvalue weighted by Gasteiger charge is 2.16. The number of nitrogens with zero attached hydrogens (tertiary/aromatic N) is 5. The zero-order valence-corrected chi connectivity index (χ0v) is 11.7. The summed E-state index contributed by atoms with van der Waals surface area (Å²) in [6.07, 6.45) is 1.35. The molecule has 1 aromatic carbocycles. The van der Waals surface area contributed by atoms with Gasteiger partial charge in [-0.05, 0) is 5.56 Å². The summed E-state index contributed by atoms with van der Waals surface area (Å²) < 4.78 is 2.63. The lowest BCUT2D eigenvalue weighted by molar-refractivity contribution is 0.0231. The number of fused-ring (bicyclic) bond motifs is 1. The fourth-order valence-corrected chi connectivity index (χ4v) is 1.87. The van der Waals surface area contributed by atoms with E-state index < -0.39 is 5.91 Å². The van der Waals surface area contributed by atoms with Crippen molar-refractivity contribution in [1.29, 1.82) is 5.41 Å². The summed E-state index contributed by atoms with van der Waals surface area (Å²) in [6, 6.07) is 9.44. The van der Waals surface area contributed by atoms with Gasteiger partial charge in [-0.1, -0.05) is 35.5 Å². The van der Waals surface area contributed by atoms with Gasteiger partial charge in [-0.2, -0.15) is 0 Å². The molecule has 0 aliphatic heterocycles. The van der Waals surface area contributed by atoms with Crippen LogP contribution in [-0.4, -0.2) is 30.3 Å². The number of amides is 1. The van der Waals surface area contributed by atoms with E-state index in [0.717, 1.165) is 5.56 Å². The van der Waals surface area contributed by atoms with Gasteiger partial charge in [-0.15, -0.1) is 5.10 Å². The normalized spacial score (nSPS) is 10.8. The number of carbonyl (C=O) groups is 1. The van der Waals surface area contributed by atoms with Crippen molar-refractivity contribution in [3.05, 3.63) is 53.5 Å². The van der Waals surface area contributed by atoms with Gasteiger partial charge in [0.1, 0.15) is 6.33 Å². The molecule has 0 saturated heterocycles. The lowest BCUT2D eigenvalue weighted by Crippen LogP contribution is -2.29. The lowest BCUT2D eigenvalue weighted by Gasteiger charge is -2.04. The van der Waals surface area contributed by atoms with E-state index in [1.807, 2.05) is 30.3 Å². The molecule has 0 radical (unpaired) electrons. The molecule has 0 bridgehead atoms. The molecule has 112 valence electrons. The first kappa shape index (κ1) is 13.9. The highest BCUT2D eigenvalue weighted by molar-refractivity contribution is 5.97. The molecular formula is C13H13N7O2. The summed E-state index contributed by atoms with van der Waals surface area (Å²) in [7, 11) is 1.58. The molecule has 3 rings (SSSR count). The van der Waals surface area contributed by atoms with E-state index in [4.69, 9.17) is 10.2 Å². The largest absolute Gasteiger partial charge is 0.297 e. The summed E-state index contributed by atoms with van der Waals surface area (Å²) in [5.74, 6) is -0.541. The Morgan fingerprint density at radius 2 is 2.14 bits per heavy atom. The molecule has 2 aromatic heterocycles. The Balaban J connectivity index is 1.73. The van der Waals surface area contributed by atoms with Gasteiger partial charge in [0.05, 0.1) is 6.61 Å². The molecule has 1 amide bonds. The molecule has 0 aliphatic carbocycles. The van der Waals surface area contributed by atoms with E-state index in [0.29, 0.717) is 0 Å². The van der Waals surface area contributed by atoms with Crippen LogP contribution in [0.1, 0.15) is 16.1 Å². The van der Waals surface area contributed by atoms with Crippen LogP contribution in [0.5, 0.6) is 0 Å². The van der Waals surface area contributed by atoms with Crippen molar-refractivity contribution in [2.45, 2.75) is 6.61 Å². The van der Waals surface area contributed by atoms with Gasteiger partial charge in [0.25, 0.3) is 5.91 Å². The zero-order valence-electron chi connectivity index (χ0n) is 11.7. The number of benzene rings is 1. The maximum absolute atomic E-state index is 12.1. The Bertz CT molecular complexity index is 869. The molecule has 9 nitrogen and oxygen atoms in total. The minimum atomic E-state index is -0.541. The van der Waals surface area contributed by atoms with E-state index in [2.05, 4.69) is 20.8 Å². The summed E-state index contributed by atoms with van der Waals surface area (Å²) in [6.45, 7) is 0.239. The Kier molecular flexibility index (Phi) is 3.62. The van der Waals surface area contributed by atoms with Crippen molar-refractivity contribution in [2.75, 3.05) is 0 Å². The minimum absolute atomic E-state index is 0.0506. The standard InChI is InChI=1S/C13H13N7O2/c1-19-13(14)20-8-15-10(11(20)16-18-19)12(21)17-22-7-9-5-3-2-4-6-9/h2-6,8,14H,7H2,1H3,(H,17,21). The van der Waals surface area contributed by atoms with Crippen LogP contribution >= 0.6 is 0 Å². The average Bonchev–Trinajstić information content (AvgIpc) is 2.96. The Labute approximate surface area is 124 Å². The molecule has 2 N–H and O–H groups in total. The van der Waals surface area contributed by atoms with Gasteiger partial charge in [0.2, 0.25) is 5.62 Å². The third kappa shape index (κ3) is 2.56. The minimum Gasteiger partial charge on any atom is -0.269 e. The second-order valence-electron chi connectivity index (χ2n) is 4.53. The molecular weight excluding hydrogens is 286 g/mol. The highest BCUT2D eigenvalue weighted by atomic mass is 16.6. The summed E-state index contributed by atoms with van der Waals surface area (Å²) in [5.41, 5.74) is 3.54. The van der Waals surface area contributed by atoms with Crippen molar-refractivity contribution < 1.29 is 9.63 Å². The van der Waals surface area contributed by atoms with Crippen LogP contribution in [0.15, 0.2) is 36.7 Å². The number of aryl methyl sites for hydroxylation is 1. The van der Waals surface area contributed by atoms with Crippen LogP contribution in [0.3, 0.4) is 0 Å². The SMILES string of the molecule is Cn1nnc2c(C(=O)NOCc3ccccc3)ncn2c1=N. The first-order valence-electron chi connectivity index (χ1n) is 6.44. The fraction of sp³-hybridized carbons (Fsp3) is 0.154.